The van der Waals surface area contributed by atoms with Crippen LogP contribution in [-0.4, -0.2) is 31.1 Å². The van der Waals surface area contributed by atoms with E-state index in [4.69, 9.17) is 14.2 Å². The molecule has 0 bridgehead atoms. The lowest BCUT2D eigenvalue weighted by Crippen LogP contribution is -2.62. The fourth-order valence-corrected chi connectivity index (χ4v) is 6.71. The van der Waals surface area contributed by atoms with Gasteiger partial charge in [0.05, 0.1) is 19.1 Å². The minimum Gasteiger partial charge on any atom is -0.462 e. The number of carbonyl (C=O) groups is 1. The molecule has 2 aliphatic carbocycles. The second-order valence-corrected chi connectivity index (χ2v) is 9.57. The van der Waals surface area contributed by atoms with Crippen molar-refractivity contribution in [2.75, 3.05) is 6.61 Å². The third-order valence-electron chi connectivity index (χ3n) is 8.12. The summed E-state index contributed by atoms with van der Waals surface area (Å²) in [5.41, 5.74) is 1.43. The summed E-state index contributed by atoms with van der Waals surface area (Å²) >= 11 is 0. The van der Waals surface area contributed by atoms with E-state index in [2.05, 4.69) is 38.1 Å². The number of carbonyl (C=O) groups excluding carboxylic acids is 1. The van der Waals surface area contributed by atoms with Gasteiger partial charge in [-0.15, -0.1) is 0 Å². The van der Waals surface area contributed by atoms with Crippen LogP contribution in [0.4, 0.5) is 0 Å². The summed E-state index contributed by atoms with van der Waals surface area (Å²) in [6, 6.07) is 10.4. The molecule has 4 fully saturated rings. The standard InChI is InChI=1S/C23H30O4/c1-22-11-10-19-23(2,18(22)9-8-17-16(22)13-20(24)26-17)14-25-21(27-19)12-15-6-4-3-5-7-15/h3-7,16-19,21H,8-14H2,1-2H3/t16-,17-,18+,19-,21-,22+,23-/m1/s1. The molecule has 5 rings (SSSR count). The van der Waals surface area contributed by atoms with Gasteiger partial charge in [-0.3, -0.25) is 4.79 Å². The maximum absolute atomic E-state index is 11.9. The summed E-state index contributed by atoms with van der Waals surface area (Å²) in [6.07, 6.45) is 5.90. The molecule has 2 saturated carbocycles. The van der Waals surface area contributed by atoms with E-state index in [1.807, 2.05) is 6.07 Å². The van der Waals surface area contributed by atoms with Crippen LogP contribution in [0, 0.1) is 22.7 Å². The minimum absolute atomic E-state index is 0.00165. The second-order valence-electron chi connectivity index (χ2n) is 9.57. The Bertz CT molecular complexity index is 718. The van der Waals surface area contributed by atoms with Crippen LogP contribution in [0.3, 0.4) is 0 Å². The molecule has 4 nitrogen and oxygen atoms in total. The number of rotatable bonds is 2. The lowest BCUT2D eigenvalue weighted by atomic mass is 9.46. The van der Waals surface area contributed by atoms with Crippen molar-refractivity contribution in [3.05, 3.63) is 35.9 Å². The van der Waals surface area contributed by atoms with Crippen molar-refractivity contribution in [1.82, 2.24) is 0 Å². The zero-order chi connectivity index (χ0) is 18.6. The molecule has 4 heteroatoms. The molecule has 0 aromatic heterocycles. The third-order valence-corrected chi connectivity index (χ3v) is 8.12. The molecule has 2 saturated heterocycles. The Morgan fingerprint density at radius 2 is 1.89 bits per heavy atom. The molecule has 7 atom stereocenters. The van der Waals surface area contributed by atoms with Gasteiger partial charge in [0.1, 0.15) is 6.10 Å². The van der Waals surface area contributed by atoms with Crippen molar-refractivity contribution in [3.8, 4) is 0 Å². The van der Waals surface area contributed by atoms with Gasteiger partial charge in [0.15, 0.2) is 6.29 Å². The van der Waals surface area contributed by atoms with Crippen LogP contribution < -0.4 is 0 Å². The molecular formula is C23H30O4. The van der Waals surface area contributed by atoms with Gasteiger partial charge in [0, 0.05) is 17.8 Å². The predicted octanol–water partition coefficient (Wildman–Crippen LogP) is 4.12. The minimum atomic E-state index is -0.150. The largest absolute Gasteiger partial charge is 0.462 e. The van der Waals surface area contributed by atoms with E-state index in [0.29, 0.717) is 18.3 Å². The highest BCUT2D eigenvalue weighted by atomic mass is 16.7. The summed E-state index contributed by atoms with van der Waals surface area (Å²) in [5, 5.41) is 0. The van der Waals surface area contributed by atoms with Crippen LogP contribution in [0.25, 0.3) is 0 Å². The van der Waals surface area contributed by atoms with Crippen molar-refractivity contribution in [2.24, 2.45) is 22.7 Å². The van der Waals surface area contributed by atoms with Crippen LogP contribution in [-0.2, 0) is 25.4 Å². The van der Waals surface area contributed by atoms with Crippen molar-refractivity contribution in [1.29, 1.82) is 0 Å². The average molecular weight is 370 g/mol. The first-order chi connectivity index (χ1) is 13.0. The van der Waals surface area contributed by atoms with Crippen molar-refractivity contribution < 1.29 is 19.0 Å². The molecule has 0 N–H and O–H groups in total. The summed E-state index contributed by atoms with van der Waals surface area (Å²) < 4.78 is 18.4. The van der Waals surface area contributed by atoms with Gasteiger partial charge in [-0.25, -0.2) is 0 Å². The first-order valence-corrected chi connectivity index (χ1v) is 10.5. The molecule has 1 aromatic carbocycles. The van der Waals surface area contributed by atoms with Crippen LogP contribution >= 0.6 is 0 Å². The molecule has 2 aliphatic heterocycles. The van der Waals surface area contributed by atoms with Crippen molar-refractivity contribution >= 4 is 5.97 Å². The average Bonchev–Trinajstić information content (AvgIpc) is 3.05. The monoisotopic (exact) mass is 370 g/mol. The van der Waals surface area contributed by atoms with E-state index < -0.39 is 0 Å². The Morgan fingerprint density at radius 1 is 1.07 bits per heavy atom. The summed E-state index contributed by atoms with van der Waals surface area (Å²) in [7, 11) is 0. The number of hydrogen-bond acceptors (Lipinski definition) is 4. The highest BCUT2D eigenvalue weighted by Crippen LogP contribution is 2.63. The SMILES string of the molecule is C[C@@]12CC[C@H]3O[C@H](Cc4ccccc4)OC[C@]3(C)[C@H]1CC[C@H]1OC(=O)C[C@H]12. The lowest BCUT2D eigenvalue weighted by molar-refractivity contribution is -0.306. The number of fused-ring (bicyclic) bond motifs is 5. The second kappa shape index (κ2) is 6.31. The quantitative estimate of drug-likeness (QED) is 0.735. The van der Waals surface area contributed by atoms with Gasteiger partial charge in [-0.1, -0.05) is 44.2 Å². The number of esters is 1. The molecule has 1 aromatic rings. The van der Waals surface area contributed by atoms with E-state index in [-0.39, 0.29) is 35.3 Å². The van der Waals surface area contributed by atoms with Gasteiger partial charge >= 0.3 is 5.97 Å². The zero-order valence-corrected chi connectivity index (χ0v) is 16.4. The molecule has 0 radical (unpaired) electrons. The molecule has 2 heterocycles. The first kappa shape index (κ1) is 17.7. The van der Waals surface area contributed by atoms with Crippen molar-refractivity contribution in [3.63, 3.8) is 0 Å². The fraction of sp³-hybridized carbons (Fsp3) is 0.696. The van der Waals surface area contributed by atoms with E-state index in [9.17, 15) is 4.79 Å². The third kappa shape index (κ3) is 2.75. The van der Waals surface area contributed by atoms with Gasteiger partial charge in [-0.05, 0) is 42.6 Å². The zero-order valence-electron chi connectivity index (χ0n) is 16.4. The Labute approximate surface area is 161 Å². The Kier molecular flexibility index (Phi) is 4.14. The maximum atomic E-state index is 11.9. The van der Waals surface area contributed by atoms with Crippen LogP contribution in [0.15, 0.2) is 30.3 Å². The maximum Gasteiger partial charge on any atom is 0.306 e. The molecule has 146 valence electrons. The smallest absolute Gasteiger partial charge is 0.306 e. The highest BCUT2D eigenvalue weighted by molar-refractivity contribution is 5.72. The van der Waals surface area contributed by atoms with Crippen LogP contribution in [0.2, 0.25) is 0 Å². The van der Waals surface area contributed by atoms with Gasteiger partial charge in [-0.2, -0.15) is 0 Å². The Balaban J connectivity index is 1.34. The lowest BCUT2D eigenvalue weighted by Gasteiger charge is -2.62. The fourth-order valence-electron chi connectivity index (χ4n) is 6.71. The van der Waals surface area contributed by atoms with Crippen LogP contribution in [0.5, 0.6) is 0 Å². The topological polar surface area (TPSA) is 44.8 Å². The molecule has 0 amide bonds. The Hall–Kier alpha value is -1.39. The normalized spacial score (nSPS) is 46.1. The first-order valence-electron chi connectivity index (χ1n) is 10.5. The van der Waals surface area contributed by atoms with Gasteiger partial charge in [0.25, 0.3) is 0 Å². The Morgan fingerprint density at radius 3 is 2.70 bits per heavy atom. The van der Waals surface area contributed by atoms with Crippen molar-refractivity contribution in [2.45, 2.75) is 70.9 Å². The number of ether oxygens (including phenoxy) is 3. The van der Waals surface area contributed by atoms with E-state index in [1.165, 1.54) is 5.56 Å². The van der Waals surface area contributed by atoms with E-state index in [0.717, 1.165) is 38.7 Å². The molecule has 4 aliphatic rings. The van der Waals surface area contributed by atoms with Gasteiger partial charge < -0.3 is 14.2 Å². The highest BCUT2D eigenvalue weighted by Gasteiger charge is 2.63. The summed E-state index contributed by atoms with van der Waals surface area (Å²) in [6.45, 7) is 5.51. The van der Waals surface area contributed by atoms with E-state index >= 15 is 0 Å². The summed E-state index contributed by atoms with van der Waals surface area (Å²) in [4.78, 5) is 11.9. The molecule has 0 unspecified atom stereocenters. The van der Waals surface area contributed by atoms with Crippen LogP contribution in [0.1, 0.15) is 51.5 Å². The molecule has 0 spiro atoms. The van der Waals surface area contributed by atoms with E-state index in [1.54, 1.807) is 0 Å². The summed E-state index contributed by atoms with van der Waals surface area (Å²) in [5.74, 6) is 0.888. The number of benzene rings is 1. The number of hydrogen-bond donors (Lipinski definition) is 0. The predicted molar refractivity (Wildman–Crippen MR) is 101 cm³/mol. The molecule has 27 heavy (non-hydrogen) atoms. The van der Waals surface area contributed by atoms with Gasteiger partial charge in [0.2, 0.25) is 0 Å². The molecular weight excluding hydrogens is 340 g/mol.